The van der Waals surface area contributed by atoms with Crippen molar-refractivity contribution in [3.8, 4) is 0 Å². The van der Waals surface area contributed by atoms with Gasteiger partial charge in [-0.1, -0.05) is 11.6 Å². The van der Waals surface area contributed by atoms with Gasteiger partial charge in [-0.25, -0.2) is 13.1 Å². The second-order valence-corrected chi connectivity index (χ2v) is 5.73. The molecule has 1 aromatic heterocycles. The van der Waals surface area contributed by atoms with Crippen molar-refractivity contribution < 1.29 is 12.9 Å². The van der Waals surface area contributed by atoms with E-state index in [1.54, 1.807) is 6.07 Å². The van der Waals surface area contributed by atoms with Crippen LogP contribution in [0.15, 0.2) is 16.8 Å². The Morgan fingerprint density at radius 3 is 2.87 bits per heavy atom. The van der Waals surface area contributed by atoms with Crippen LogP contribution in [0, 0.1) is 5.92 Å². The summed E-state index contributed by atoms with van der Waals surface area (Å²) < 4.78 is 30.4. The molecule has 1 aliphatic carbocycles. The minimum absolute atomic E-state index is 0.190. The van der Waals surface area contributed by atoms with Gasteiger partial charge in [-0.2, -0.15) is 0 Å². The molecule has 6 heteroatoms. The van der Waals surface area contributed by atoms with Crippen LogP contribution < -0.4 is 4.72 Å². The van der Waals surface area contributed by atoms with Crippen LogP contribution in [0.5, 0.6) is 0 Å². The second kappa shape index (κ2) is 4.32. The highest BCUT2D eigenvalue weighted by atomic mass is 32.2. The molecule has 0 spiro atoms. The Hall–Kier alpha value is -0.880. The van der Waals surface area contributed by atoms with Crippen molar-refractivity contribution in [1.82, 2.24) is 9.88 Å². The van der Waals surface area contributed by atoms with Crippen LogP contribution in [0.25, 0.3) is 0 Å². The molecule has 84 valence electrons. The number of rotatable bonds is 5. The summed E-state index contributed by atoms with van der Waals surface area (Å²) in [6, 6.07) is 1.64. The van der Waals surface area contributed by atoms with Gasteiger partial charge >= 0.3 is 0 Å². The topological polar surface area (TPSA) is 72.2 Å². The Morgan fingerprint density at radius 2 is 2.33 bits per heavy atom. The van der Waals surface area contributed by atoms with E-state index in [0.29, 0.717) is 11.7 Å². The van der Waals surface area contributed by atoms with Crippen LogP contribution in [0.3, 0.4) is 0 Å². The molecule has 1 N–H and O–H groups in total. The zero-order chi connectivity index (χ0) is 10.7. The molecule has 1 aromatic rings. The number of hydrogen-bond acceptors (Lipinski definition) is 4. The first kappa shape index (κ1) is 10.6. The van der Waals surface area contributed by atoms with Gasteiger partial charge in [0.05, 0.1) is 18.5 Å². The quantitative estimate of drug-likeness (QED) is 0.815. The molecular weight excluding hydrogens is 216 g/mol. The Kier molecular flexibility index (Phi) is 3.06. The van der Waals surface area contributed by atoms with Gasteiger partial charge in [-0.3, -0.25) is 0 Å². The SMILES string of the molecule is O=S(=O)(CC1CCC1)NCc1ccno1. The minimum atomic E-state index is -3.16. The molecule has 15 heavy (non-hydrogen) atoms. The van der Waals surface area contributed by atoms with E-state index < -0.39 is 10.0 Å². The van der Waals surface area contributed by atoms with E-state index in [2.05, 4.69) is 9.88 Å². The Morgan fingerprint density at radius 1 is 1.53 bits per heavy atom. The van der Waals surface area contributed by atoms with Gasteiger partial charge in [-0.05, 0) is 18.8 Å². The van der Waals surface area contributed by atoms with Gasteiger partial charge in [0.1, 0.15) is 0 Å². The van der Waals surface area contributed by atoms with Crippen LogP contribution in [0.4, 0.5) is 0 Å². The molecular formula is C9H14N2O3S. The maximum absolute atomic E-state index is 11.6. The third-order valence-corrected chi connectivity index (χ3v) is 4.13. The smallest absolute Gasteiger partial charge is 0.212 e. The predicted octanol–water partition coefficient (Wildman–Crippen LogP) is 0.894. The van der Waals surface area contributed by atoms with Crippen molar-refractivity contribution in [3.05, 3.63) is 18.0 Å². The molecule has 0 bridgehead atoms. The van der Waals surface area contributed by atoms with Gasteiger partial charge in [0.25, 0.3) is 0 Å². The maximum Gasteiger partial charge on any atom is 0.212 e. The van der Waals surface area contributed by atoms with Crippen LogP contribution >= 0.6 is 0 Å². The van der Waals surface area contributed by atoms with Gasteiger partial charge in [0.15, 0.2) is 5.76 Å². The lowest BCUT2D eigenvalue weighted by Gasteiger charge is -2.24. The molecule has 5 nitrogen and oxygen atoms in total. The van der Waals surface area contributed by atoms with E-state index in [1.165, 1.54) is 6.20 Å². The summed E-state index contributed by atoms with van der Waals surface area (Å²) in [5.41, 5.74) is 0. The molecule has 0 aromatic carbocycles. The van der Waals surface area contributed by atoms with E-state index in [1.807, 2.05) is 0 Å². The maximum atomic E-state index is 11.6. The standard InChI is InChI=1S/C9H14N2O3S/c12-15(13,7-8-2-1-3-8)11-6-9-4-5-10-14-9/h4-5,8,11H,1-3,6-7H2. The van der Waals surface area contributed by atoms with Gasteiger partial charge in [0.2, 0.25) is 10.0 Å². The normalized spacial score (nSPS) is 17.6. The molecule has 0 atom stereocenters. The second-order valence-electron chi connectivity index (χ2n) is 3.88. The molecule has 1 saturated carbocycles. The lowest BCUT2D eigenvalue weighted by molar-refractivity contribution is 0.345. The van der Waals surface area contributed by atoms with Crippen molar-refractivity contribution in [2.45, 2.75) is 25.8 Å². The number of hydrogen-bond donors (Lipinski definition) is 1. The zero-order valence-corrected chi connectivity index (χ0v) is 9.16. The van der Waals surface area contributed by atoms with Gasteiger partial charge < -0.3 is 4.52 Å². The Balaban J connectivity index is 1.82. The highest BCUT2D eigenvalue weighted by Crippen LogP contribution is 2.27. The van der Waals surface area contributed by atoms with Gasteiger partial charge in [0, 0.05) is 6.07 Å². The molecule has 1 aliphatic rings. The summed E-state index contributed by atoms with van der Waals surface area (Å²) in [6.07, 6.45) is 4.71. The summed E-state index contributed by atoms with van der Waals surface area (Å²) in [7, 11) is -3.16. The number of sulfonamides is 1. The molecule has 1 fully saturated rings. The zero-order valence-electron chi connectivity index (χ0n) is 8.35. The number of nitrogens with zero attached hydrogens (tertiary/aromatic N) is 1. The predicted molar refractivity (Wildman–Crippen MR) is 54.5 cm³/mol. The fraction of sp³-hybridized carbons (Fsp3) is 0.667. The monoisotopic (exact) mass is 230 g/mol. The average molecular weight is 230 g/mol. The van der Waals surface area contributed by atoms with Crippen LogP contribution in [0.2, 0.25) is 0 Å². The highest BCUT2D eigenvalue weighted by Gasteiger charge is 2.24. The van der Waals surface area contributed by atoms with E-state index in [4.69, 9.17) is 4.52 Å². The Labute approximate surface area is 88.9 Å². The van der Waals surface area contributed by atoms with Crippen molar-refractivity contribution >= 4 is 10.0 Å². The van der Waals surface area contributed by atoms with Crippen LogP contribution in [0.1, 0.15) is 25.0 Å². The lowest BCUT2D eigenvalue weighted by Crippen LogP contribution is -2.31. The van der Waals surface area contributed by atoms with E-state index in [0.717, 1.165) is 19.3 Å². The van der Waals surface area contributed by atoms with Gasteiger partial charge in [-0.15, -0.1) is 0 Å². The summed E-state index contributed by atoms with van der Waals surface area (Å²) in [4.78, 5) is 0. The lowest BCUT2D eigenvalue weighted by atomic mass is 9.87. The van der Waals surface area contributed by atoms with E-state index in [-0.39, 0.29) is 12.3 Å². The highest BCUT2D eigenvalue weighted by molar-refractivity contribution is 7.89. The fourth-order valence-electron chi connectivity index (χ4n) is 1.54. The van der Waals surface area contributed by atoms with Crippen LogP contribution in [-0.4, -0.2) is 19.3 Å². The fourth-order valence-corrected chi connectivity index (χ4v) is 2.98. The van der Waals surface area contributed by atoms with Crippen molar-refractivity contribution in [2.75, 3.05) is 5.75 Å². The molecule has 1 heterocycles. The number of nitrogens with one attached hydrogen (secondary N) is 1. The summed E-state index contributed by atoms with van der Waals surface area (Å²) in [5, 5.41) is 3.50. The van der Waals surface area contributed by atoms with E-state index >= 15 is 0 Å². The third-order valence-electron chi connectivity index (χ3n) is 2.64. The summed E-state index contributed by atoms with van der Waals surface area (Å²) >= 11 is 0. The van der Waals surface area contributed by atoms with Crippen molar-refractivity contribution in [2.24, 2.45) is 5.92 Å². The van der Waals surface area contributed by atoms with Crippen molar-refractivity contribution in [1.29, 1.82) is 0 Å². The summed E-state index contributed by atoms with van der Waals surface area (Å²) in [5.74, 6) is 1.12. The largest absolute Gasteiger partial charge is 0.360 e. The molecule has 2 rings (SSSR count). The van der Waals surface area contributed by atoms with Crippen molar-refractivity contribution in [3.63, 3.8) is 0 Å². The third kappa shape index (κ3) is 3.04. The number of aromatic nitrogens is 1. The molecule has 0 saturated heterocycles. The molecule has 0 amide bonds. The first-order valence-electron chi connectivity index (χ1n) is 5.02. The molecule has 0 radical (unpaired) electrons. The average Bonchev–Trinajstić information content (AvgIpc) is 2.61. The first-order chi connectivity index (χ1) is 7.16. The van der Waals surface area contributed by atoms with Crippen LogP contribution in [-0.2, 0) is 16.6 Å². The molecule has 0 aliphatic heterocycles. The summed E-state index contributed by atoms with van der Waals surface area (Å²) in [6.45, 7) is 0.190. The van der Waals surface area contributed by atoms with E-state index in [9.17, 15) is 8.42 Å². The Bertz CT molecular complexity index is 395. The molecule has 0 unspecified atom stereocenters. The minimum Gasteiger partial charge on any atom is -0.360 e. The first-order valence-corrected chi connectivity index (χ1v) is 6.68.